The maximum absolute atomic E-state index is 13.3. The van der Waals surface area contributed by atoms with Gasteiger partial charge in [-0.05, 0) is 55.9 Å². The topological polar surface area (TPSA) is 82.4 Å². The van der Waals surface area contributed by atoms with Gasteiger partial charge in [0.25, 0.3) is 0 Å². The van der Waals surface area contributed by atoms with Crippen molar-refractivity contribution in [2.24, 2.45) is 5.92 Å². The average molecular weight is 436 g/mol. The molecular weight excluding hydrogens is 409 g/mol. The Labute approximate surface area is 186 Å². The van der Waals surface area contributed by atoms with E-state index in [1.165, 1.54) is 12.3 Å². The van der Waals surface area contributed by atoms with Gasteiger partial charge in [0.1, 0.15) is 29.9 Å². The Morgan fingerprint density at radius 3 is 2.69 bits per heavy atom. The summed E-state index contributed by atoms with van der Waals surface area (Å²) in [4.78, 5) is 26.0. The number of hydrogen-bond donors (Lipinski definition) is 0. The number of rotatable bonds is 5. The van der Waals surface area contributed by atoms with Gasteiger partial charge < -0.3 is 14.5 Å². The van der Waals surface area contributed by atoms with Gasteiger partial charge in [0.05, 0.1) is 23.5 Å². The van der Waals surface area contributed by atoms with Gasteiger partial charge in [-0.25, -0.2) is 9.37 Å². The molecule has 2 aromatic rings. The van der Waals surface area contributed by atoms with Crippen molar-refractivity contribution in [1.29, 1.82) is 5.26 Å². The third-order valence-electron chi connectivity index (χ3n) is 7.21. The Bertz CT molecular complexity index is 1030. The number of hydrogen-bond acceptors (Lipinski definition) is 6. The van der Waals surface area contributed by atoms with Gasteiger partial charge in [0, 0.05) is 25.3 Å². The Kier molecular flexibility index (Phi) is 5.30. The molecule has 166 valence electrons. The van der Waals surface area contributed by atoms with E-state index < -0.39 is 5.60 Å². The largest absolute Gasteiger partial charge is 0.359 e. The van der Waals surface area contributed by atoms with E-state index in [0.29, 0.717) is 30.3 Å². The molecule has 0 aromatic carbocycles. The van der Waals surface area contributed by atoms with Gasteiger partial charge in [-0.1, -0.05) is 6.92 Å². The van der Waals surface area contributed by atoms with E-state index >= 15 is 0 Å². The van der Waals surface area contributed by atoms with E-state index in [4.69, 9.17) is 10.00 Å². The second kappa shape index (κ2) is 8.14. The molecule has 1 aliphatic carbocycles. The molecule has 2 bridgehead atoms. The standard InChI is InChI=1S/C24H26FN5O2/c1-16-9-19-13-29(14-20(16)30(19)22-6-3-17(10-26)11-28-22)23(31)15-32-24(7-2-8-24)21-5-4-18(25)12-27-21/h3-6,11-12,16,19-20H,2,7-9,13-15H2,1H3/t16-,19?,20?/m0/s1. The smallest absolute Gasteiger partial charge is 0.248 e. The van der Waals surface area contributed by atoms with Crippen LogP contribution in [0.4, 0.5) is 10.2 Å². The highest BCUT2D eigenvalue weighted by Crippen LogP contribution is 2.44. The Hall–Kier alpha value is -3.05. The summed E-state index contributed by atoms with van der Waals surface area (Å²) in [7, 11) is 0. The number of piperazine rings is 1. The van der Waals surface area contributed by atoms with E-state index in [-0.39, 0.29) is 30.4 Å². The second-order valence-electron chi connectivity index (χ2n) is 9.16. The molecule has 0 N–H and O–H groups in total. The molecule has 5 rings (SSSR count). The summed E-state index contributed by atoms with van der Waals surface area (Å²) in [6, 6.07) is 9.23. The Morgan fingerprint density at radius 2 is 2.09 bits per heavy atom. The Balaban J connectivity index is 1.25. The molecule has 2 saturated heterocycles. The van der Waals surface area contributed by atoms with Crippen LogP contribution in [0.15, 0.2) is 36.7 Å². The number of pyridine rings is 2. The van der Waals surface area contributed by atoms with Crippen molar-refractivity contribution < 1.29 is 13.9 Å². The number of carbonyl (C=O) groups excluding carboxylic acids is 1. The number of aromatic nitrogens is 2. The summed E-state index contributed by atoms with van der Waals surface area (Å²) in [5.41, 5.74) is 0.660. The molecule has 0 spiro atoms. The van der Waals surface area contributed by atoms with Crippen molar-refractivity contribution in [2.75, 3.05) is 24.6 Å². The fourth-order valence-electron chi connectivity index (χ4n) is 5.30. The fourth-order valence-corrected chi connectivity index (χ4v) is 5.30. The monoisotopic (exact) mass is 435 g/mol. The molecule has 2 unspecified atom stereocenters. The van der Waals surface area contributed by atoms with Crippen LogP contribution in [-0.2, 0) is 15.1 Å². The van der Waals surface area contributed by atoms with Crippen LogP contribution in [0.3, 0.4) is 0 Å². The second-order valence-corrected chi connectivity index (χ2v) is 9.16. The maximum Gasteiger partial charge on any atom is 0.248 e. The van der Waals surface area contributed by atoms with E-state index in [9.17, 15) is 9.18 Å². The lowest BCUT2D eigenvalue weighted by atomic mass is 9.77. The maximum atomic E-state index is 13.3. The van der Waals surface area contributed by atoms with Crippen molar-refractivity contribution in [2.45, 2.75) is 50.3 Å². The first-order valence-corrected chi connectivity index (χ1v) is 11.2. The number of nitrogens with zero attached hydrogens (tertiary/aromatic N) is 5. The minimum absolute atomic E-state index is 0.00198. The normalized spacial score (nSPS) is 25.8. The van der Waals surface area contributed by atoms with Crippen LogP contribution in [0.5, 0.6) is 0 Å². The number of nitriles is 1. The summed E-state index contributed by atoms with van der Waals surface area (Å²) in [6.07, 6.45) is 6.40. The predicted molar refractivity (Wildman–Crippen MR) is 115 cm³/mol. The first kappa shape index (κ1) is 20.8. The molecule has 2 aromatic heterocycles. The van der Waals surface area contributed by atoms with E-state index in [0.717, 1.165) is 31.5 Å². The molecule has 2 aliphatic heterocycles. The highest BCUT2D eigenvalue weighted by molar-refractivity contribution is 5.78. The number of ether oxygens (including phenoxy) is 1. The van der Waals surface area contributed by atoms with Gasteiger partial charge in [-0.3, -0.25) is 9.78 Å². The molecule has 1 saturated carbocycles. The molecule has 0 radical (unpaired) electrons. The van der Waals surface area contributed by atoms with Crippen molar-refractivity contribution in [3.8, 4) is 6.07 Å². The zero-order valence-electron chi connectivity index (χ0n) is 18.1. The number of halogens is 1. The van der Waals surface area contributed by atoms with E-state index in [1.807, 2.05) is 11.0 Å². The summed E-state index contributed by atoms with van der Waals surface area (Å²) in [5.74, 6) is 0.911. The van der Waals surface area contributed by atoms with Gasteiger partial charge in [-0.15, -0.1) is 0 Å². The first-order valence-electron chi connectivity index (χ1n) is 11.2. The van der Waals surface area contributed by atoms with E-state index in [1.54, 1.807) is 18.3 Å². The third kappa shape index (κ3) is 3.61. The lowest BCUT2D eigenvalue weighted by Gasteiger charge is -2.44. The fraction of sp³-hybridized carbons (Fsp3) is 0.500. The number of fused-ring (bicyclic) bond motifs is 2. The summed E-state index contributed by atoms with van der Waals surface area (Å²) >= 11 is 0. The SMILES string of the molecule is C[C@H]1CC2CN(C(=O)COC3(c4ccc(F)cn4)CCC3)CC1N2c1ccc(C#N)cn1. The zero-order valence-corrected chi connectivity index (χ0v) is 18.1. The van der Waals surface area contributed by atoms with Gasteiger partial charge >= 0.3 is 0 Å². The molecule has 7 nitrogen and oxygen atoms in total. The molecule has 1 amide bonds. The predicted octanol–water partition coefficient (Wildman–Crippen LogP) is 3.01. The third-order valence-corrected chi connectivity index (χ3v) is 7.21. The molecular formula is C24H26FN5O2. The first-order chi connectivity index (χ1) is 15.5. The van der Waals surface area contributed by atoms with Crippen LogP contribution < -0.4 is 4.90 Å². The summed E-state index contributed by atoms with van der Waals surface area (Å²) in [6.45, 7) is 3.48. The molecule has 3 aliphatic rings. The minimum Gasteiger partial charge on any atom is -0.359 e. The molecule has 4 heterocycles. The van der Waals surface area contributed by atoms with Gasteiger partial charge in [-0.2, -0.15) is 5.26 Å². The minimum atomic E-state index is -0.580. The van der Waals surface area contributed by atoms with Crippen LogP contribution in [0.2, 0.25) is 0 Å². The average Bonchev–Trinajstić information content (AvgIpc) is 2.98. The number of carbonyl (C=O) groups is 1. The van der Waals surface area contributed by atoms with Gasteiger partial charge in [0.2, 0.25) is 5.91 Å². The van der Waals surface area contributed by atoms with Crippen molar-refractivity contribution >= 4 is 11.7 Å². The van der Waals surface area contributed by atoms with Crippen LogP contribution in [-0.4, -0.2) is 52.6 Å². The van der Waals surface area contributed by atoms with Crippen LogP contribution in [0.1, 0.15) is 43.9 Å². The molecule has 8 heteroatoms. The highest BCUT2D eigenvalue weighted by Gasteiger charge is 2.47. The van der Waals surface area contributed by atoms with E-state index in [2.05, 4.69) is 27.9 Å². The number of anilines is 1. The van der Waals surface area contributed by atoms with Crippen LogP contribution >= 0.6 is 0 Å². The van der Waals surface area contributed by atoms with Crippen molar-refractivity contribution in [3.63, 3.8) is 0 Å². The van der Waals surface area contributed by atoms with Crippen molar-refractivity contribution in [1.82, 2.24) is 14.9 Å². The van der Waals surface area contributed by atoms with Crippen LogP contribution in [0.25, 0.3) is 0 Å². The lowest BCUT2D eigenvalue weighted by molar-refractivity contribution is -0.155. The van der Waals surface area contributed by atoms with Gasteiger partial charge in [0.15, 0.2) is 0 Å². The summed E-state index contributed by atoms with van der Waals surface area (Å²) in [5, 5.41) is 9.03. The highest BCUT2D eigenvalue weighted by atomic mass is 19.1. The number of amides is 1. The summed E-state index contributed by atoms with van der Waals surface area (Å²) < 4.78 is 19.4. The molecule has 32 heavy (non-hydrogen) atoms. The quantitative estimate of drug-likeness (QED) is 0.718. The lowest BCUT2D eigenvalue weighted by Crippen LogP contribution is -2.57. The number of likely N-dealkylation sites (tertiary alicyclic amines) is 1. The Morgan fingerprint density at radius 1 is 1.25 bits per heavy atom. The van der Waals surface area contributed by atoms with Crippen molar-refractivity contribution in [3.05, 3.63) is 53.7 Å². The molecule has 3 atom stereocenters. The van der Waals surface area contributed by atoms with Crippen LogP contribution in [0, 0.1) is 23.1 Å². The zero-order chi connectivity index (χ0) is 22.3. The molecule has 3 fully saturated rings.